The molecule has 2 heterocycles. The molecule has 114 valence electrons. The van der Waals surface area contributed by atoms with Gasteiger partial charge in [0.25, 0.3) is 0 Å². The third kappa shape index (κ3) is 1.74. The Morgan fingerprint density at radius 1 is 0.750 bits per heavy atom. The lowest BCUT2D eigenvalue weighted by atomic mass is 9.79. The van der Waals surface area contributed by atoms with E-state index in [1.165, 1.54) is 0 Å². The van der Waals surface area contributed by atoms with Gasteiger partial charge in [-0.2, -0.15) is 0 Å². The molecule has 2 N–H and O–H groups in total. The van der Waals surface area contributed by atoms with Crippen LogP contribution < -0.4 is 5.46 Å². The van der Waals surface area contributed by atoms with E-state index in [4.69, 9.17) is 4.98 Å². The predicted molar refractivity (Wildman–Crippen MR) is 97.5 cm³/mol. The van der Waals surface area contributed by atoms with Gasteiger partial charge in [-0.25, -0.2) is 4.98 Å². The van der Waals surface area contributed by atoms with Crippen LogP contribution in [0.5, 0.6) is 0 Å². The van der Waals surface area contributed by atoms with Gasteiger partial charge in [0.2, 0.25) is 0 Å². The van der Waals surface area contributed by atoms with Crippen LogP contribution >= 0.6 is 0 Å². The summed E-state index contributed by atoms with van der Waals surface area (Å²) >= 11 is 0. The first-order valence-corrected chi connectivity index (χ1v) is 7.82. The van der Waals surface area contributed by atoms with E-state index in [2.05, 4.69) is 22.6 Å². The molecule has 0 aliphatic carbocycles. The molecule has 24 heavy (non-hydrogen) atoms. The van der Waals surface area contributed by atoms with Gasteiger partial charge in [-0.05, 0) is 29.0 Å². The van der Waals surface area contributed by atoms with Crippen LogP contribution in [-0.2, 0) is 0 Å². The average Bonchev–Trinajstić information content (AvgIpc) is 3.01. The molecule has 0 aliphatic rings. The van der Waals surface area contributed by atoms with Crippen molar-refractivity contribution in [2.24, 2.45) is 0 Å². The first-order valence-electron chi connectivity index (χ1n) is 7.82. The highest BCUT2D eigenvalue weighted by Gasteiger charge is 2.16. The smallest absolute Gasteiger partial charge is 0.423 e. The second-order valence-electron chi connectivity index (χ2n) is 5.96. The summed E-state index contributed by atoms with van der Waals surface area (Å²) in [6.45, 7) is 0. The lowest BCUT2D eigenvalue weighted by molar-refractivity contribution is 0.426. The van der Waals surface area contributed by atoms with Crippen LogP contribution in [0.1, 0.15) is 0 Å². The molecule has 0 atom stereocenters. The fourth-order valence-electron chi connectivity index (χ4n) is 3.49. The zero-order valence-electron chi connectivity index (χ0n) is 12.7. The van der Waals surface area contributed by atoms with Crippen molar-refractivity contribution in [2.45, 2.75) is 0 Å². The normalized spacial score (nSPS) is 11.8. The minimum absolute atomic E-state index is 0.465. The highest BCUT2D eigenvalue weighted by Crippen LogP contribution is 2.31. The molecule has 4 nitrogen and oxygen atoms in total. The topological polar surface area (TPSA) is 57.8 Å². The van der Waals surface area contributed by atoms with Gasteiger partial charge in [-0.3, -0.25) is 4.40 Å². The van der Waals surface area contributed by atoms with Gasteiger partial charge in [-0.1, -0.05) is 48.5 Å². The van der Waals surface area contributed by atoms with Crippen molar-refractivity contribution in [3.63, 3.8) is 0 Å². The number of aromatic nitrogens is 2. The Morgan fingerprint density at radius 2 is 1.50 bits per heavy atom. The van der Waals surface area contributed by atoms with Crippen molar-refractivity contribution >= 4 is 50.9 Å². The zero-order chi connectivity index (χ0) is 16.3. The molecule has 0 aliphatic heterocycles. The largest absolute Gasteiger partial charge is 0.488 e. The fraction of sp³-hybridized carbons (Fsp3) is 0. The lowest BCUT2D eigenvalue weighted by Gasteiger charge is -2.10. The van der Waals surface area contributed by atoms with E-state index in [0.29, 0.717) is 5.46 Å². The molecule has 0 saturated carbocycles. The van der Waals surface area contributed by atoms with E-state index >= 15 is 0 Å². The number of pyridine rings is 1. The van der Waals surface area contributed by atoms with Crippen molar-refractivity contribution in [3.05, 3.63) is 66.7 Å². The molecule has 5 aromatic rings. The van der Waals surface area contributed by atoms with Gasteiger partial charge in [0.05, 0.1) is 16.6 Å². The summed E-state index contributed by atoms with van der Waals surface area (Å²) in [4.78, 5) is 4.79. The van der Waals surface area contributed by atoms with E-state index in [1.54, 1.807) is 6.07 Å². The number of para-hydroxylation sites is 3. The van der Waals surface area contributed by atoms with Gasteiger partial charge in [0.15, 0.2) is 0 Å². The van der Waals surface area contributed by atoms with Crippen LogP contribution in [0.2, 0.25) is 0 Å². The van der Waals surface area contributed by atoms with Crippen LogP contribution in [0, 0.1) is 0 Å². The van der Waals surface area contributed by atoms with E-state index in [-0.39, 0.29) is 0 Å². The number of hydrogen-bond donors (Lipinski definition) is 2. The molecule has 0 bridgehead atoms. The average molecular weight is 312 g/mol. The number of nitrogens with zero attached hydrogens (tertiary/aromatic N) is 2. The first-order chi connectivity index (χ1) is 11.7. The molecule has 5 heteroatoms. The van der Waals surface area contributed by atoms with Crippen LogP contribution in [0.4, 0.5) is 0 Å². The minimum Gasteiger partial charge on any atom is -0.423 e. The second-order valence-corrected chi connectivity index (χ2v) is 5.96. The van der Waals surface area contributed by atoms with Crippen LogP contribution in [0.25, 0.3) is 38.4 Å². The molecule has 0 saturated heterocycles. The quantitative estimate of drug-likeness (QED) is 0.369. The maximum atomic E-state index is 9.54. The van der Waals surface area contributed by atoms with Gasteiger partial charge in [0, 0.05) is 10.8 Å². The third-order valence-electron chi connectivity index (χ3n) is 4.58. The van der Waals surface area contributed by atoms with Gasteiger partial charge in [0.1, 0.15) is 5.65 Å². The standard InChI is InChI=1S/C19H13BN2O2/c23-20(24)12-9-10-13-14-5-1-3-7-17(14)22-18-8-4-2-6-16(18)21-19(22)15(13)11-12/h1-11,23-24H. The van der Waals surface area contributed by atoms with Crippen LogP contribution in [0.15, 0.2) is 66.7 Å². The summed E-state index contributed by atoms with van der Waals surface area (Å²) in [6, 6.07) is 21.7. The molecular weight excluding hydrogens is 299 g/mol. The third-order valence-corrected chi connectivity index (χ3v) is 4.58. The van der Waals surface area contributed by atoms with E-state index in [0.717, 1.165) is 38.4 Å². The Hall–Kier alpha value is -2.89. The summed E-state index contributed by atoms with van der Waals surface area (Å²) in [6.07, 6.45) is 0. The fourth-order valence-corrected chi connectivity index (χ4v) is 3.49. The number of rotatable bonds is 1. The highest BCUT2D eigenvalue weighted by molar-refractivity contribution is 6.59. The summed E-state index contributed by atoms with van der Waals surface area (Å²) in [5.74, 6) is 0. The molecule has 5 rings (SSSR count). The molecular formula is C19H13BN2O2. The molecule has 2 aromatic heterocycles. The number of fused-ring (bicyclic) bond motifs is 8. The van der Waals surface area contributed by atoms with Crippen molar-refractivity contribution in [1.82, 2.24) is 9.38 Å². The van der Waals surface area contributed by atoms with E-state index < -0.39 is 7.12 Å². The zero-order valence-corrected chi connectivity index (χ0v) is 12.7. The predicted octanol–water partition coefficient (Wildman–Crippen LogP) is 2.47. The lowest BCUT2D eigenvalue weighted by Crippen LogP contribution is -2.29. The summed E-state index contributed by atoms with van der Waals surface area (Å²) in [7, 11) is -1.50. The molecule has 0 radical (unpaired) electrons. The Morgan fingerprint density at radius 3 is 2.33 bits per heavy atom. The van der Waals surface area contributed by atoms with Gasteiger partial charge >= 0.3 is 7.12 Å². The Labute approximate surface area is 137 Å². The maximum absolute atomic E-state index is 9.54. The Balaban J connectivity index is 2.13. The second kappa shape index (κ2) is 4.80. The monoisotopic (exact) mass is 312 g/mol. The molecule has 0 fully saturated rings. The van der Waals surface area contributed by atoms with Crippen LogP contribution in [-0.4, -0.2) is 26.6 Å². The number of imidazole rings is 1. The summed E-state index contributed by atoms with van der Waals surface area (Å²) in [5.41, 5.74) is 4.34. The Bertz CT molecular complexity index is 1240. The van der Waals surface area contributed by atoms with Crippen molar-refractivity contribution in [2.75, 3.05) is 0 Å². The SMILES string of the molecule is OB(O)c1ccc2c3ccccc3n3c4ccccc4nc3c2c1. The minimum atomic E-state index is -1.50. The van der Waals surface area contributed by atoms with Crippen LogP contribution in [0.3, 0.4) is 0 Å². The van der Waals surface area contributed by atoms with Crippen molar-refractivity contribution in [1.29, 1.82) is 0 Å². The maximum Gasteiger partial charge on any atom is 0.488 e. The molecule has 3 aromatic carbocycles. The van der Waals surface area contributed by atoms with Crippen molar-refractivity contribution in [3.8, 4) is 0 Å². The van der Waals surface area contributed by atoms with Gasteiger partial charge in [-0.15, -0.1) is 0 Å². The number of benzene rings is 3. The van der Waals surface area contributed by atoms with E-state index in [1.807, 2.05) is 42.5 Å². The Kier molecular flexibility index (Phi) is 2.71. The summed E-state index contributed by atoms with van der Waals surface area (Å²) < 4.78 is 2.14. The van der Waals surface area contributed by atoms with Crippen molar-refractivity contribution < 1.29 is 10.0 Å². The van der Waals surface area contributed by atoms with Gasteiger partial charge < -0.3 is 10.0 Å². The molecule has 0 amide bonds. The number of hydrogen-bond acceptors (Lipinski definition) is 3. The summed E-state index contributed by atoms with van der Waals surface area (Å²) in [5, 5.41) is 22.2. The first kappa shape index (κ1) is 13.5. The van der Waals surface area contributed by atoms with E-state index in [9.17, 15) is 10.0 Å². The highest BCUT2D eigenvalue weighted by atomic mass is 16.4. The molecule has 0 unspecified atom stereocenters. The molecule has 0 spiro atoms.